The molecule has 1 amide bonds. The second-order valence-corrected chi connectivity index (χ2v) is 5.89. The Hall–Kier alpha value is -2.30. The third kappa shape index (κ3) is 2.82. The topological polar surface area (TPSA) is 82.2 Å². The molecule has 0 fully saturated rings. The zero-order valence-corrected chi connectivity index (χ0v) is 11.7. The van der Waals surface area contributed by atoms with Gasteiger partial charge in [0.1, 0.15) is 6.04 Å². The molecule has 1 aromatic carbocycles. The lowest BCUT2D eigenvalue weighted by Crippen LogP contribution is -2.49. The largest absolute Gasteiger partial charge is 0.480 e. The number of rotatable bonds is 3. The van der Waals surface area contributed by atoms with Crippen molar-refractivity contribution in [3.8, 4) is 0 Å². The van der Waals surface area contributed by atoms with Crippen LogP contribution in [0.15, 0.2) is 30.5 Å². The number of nitrogens with one attached hydrogen (secondary N) is 2. The predicted octanol–water partition coefficient (Wildman–Crippen LogP) is 2.40. The molecule has 0 saturated carbocycles. The smallest absolute Gasteiger partial charge is 0.326 e. The Bertz CT molecular complexity index is 652. The molecule has 5 heteroatoms. The van der Waals surface area contributed by atoms with Crippen LogP contribution in [0.25, 0.3) is 10.9 Å². The number of carboxylic acid groups (broad SMARTS) is 1. The maximum atomic E-state index is 12.2. The molecule has 0 aliphatic carbocycles. The molecule has 20 heavy (non-hydrogen) atoms. The van der Waals surface area contributed by atoms with Gasteiger partial charge in [0, 0.05) is 17.3 Å². The Kier molecular flexibility index (Phi) is 3.53. The van der Waals surface area contributed by atoms with Gasteiger partial charge in [-0.1, -0.05) is 26.8 Å². The van der Waals surface area contributed by atoms with Crippen molar-refractivity contribution in [2.24, 2.45) is 5.41 Å². The zero-order valence-electron chi connectivity index (χ0n) is 11.7. The Balaban J connectivity index is 2.24. The highest BCUT2D eigenvalue weighted by molar-refractivity contribution is 5.99. The van der Waals surface area contributed by atoms with E-state index in [0.29, 0.717) is 5.56 Å². The number of fused-ring (bicyclic) bond motifs is 1. The van der Waals surface area contributed by atoms with Gasteiger partial charge in [0.2, 0.25) is 0 Å². The number of benzene rings is 1. The minimum absolute atomic E-state index is 0.385. The summed E-state index contributed by atoms with van der Waals surface area (Å²) in [6.45, 7) is 5.33. The van der Waals surface area contributed by atoms with Gasteiger partial charge in [0.05, 0.1) is 0 Å². The molecule has 0 aliphatic heterocycles. The molecule has 1 aromatic heterocycles. The Morgan fingerprint density at radius 2 is 1.95 bits per heavy atom. The van der Waals surface area contributed by atoms with E-state index in [0.717, 1.165) is 10.9 Å². The Morgan fingerprint density at radius 1 is 1.25 bits per heavy atom. The lowest BCUT2D eigenvalue weighted by molar-refractivity contribution is -0.142. The predicted molar refractivity (Wildman–Crippen MR) is 76.6 cm³/mol. The van der Waals surface area contributed by atoms with Crippen molar-refractivity contribution in [1.82, 2.24) is 10.3 Å². The van der Waals surface area contributed by atoms with E-state index < -0.39 is 17.4 Å². The van der Waals surface area contributed by atoms with Crippen molar-refractivity contribution in [3.63, 3.8) is 0 Å². The maximum Gasteiger partial charge on any atom is 0.326 e. The molecule has 3 N–H and O–H groups in total. The van der Waals surface area contributed by atoms with E-state index in [9.17, 15) is 14.7 Å². The van der Waals surface area contributed by atoms with Crippen LogP contribution in [0.1, 0.15) is 31.1 Å². The van der Waals surface area contributed by atoms with Crippen molar-refractivity contribution in [2.75, 3.05) is 0 Å². The van der Waals surface area contributed by atoms with Crippen LogP contribution in [-0.2, 0) is 4.79 Å². The summed E-state index contributed by atoms with van der Waals surface area (Å²) in [6.07, 6.45) is 1.79. The number of aromatic amines is 1. The summed E-state index contributed by atoms with van der Waals surface area (Å²) >= 11 is 0. The summed E-state index contributed by atoms with van der Waals surface area (Å²) in [5.41, 5.74) is 0.730. The molecule has 1 unspecified atom stereocenters. The number of hydrogen-bond donors (Lipinski definition) is 3. The average Bonchev–Trinajstić information content (AvgIpc) is 2.80. The van der Waals surface area contributed by atoms with E-state index in [1.807, 2.05) is 12.1 Å². The van der Waals surface area contributed by atoms with Crippen LogP contribution in [-0.4, -0.2) is 28.0 Å². The first-order valence-corrected chi connectivity index (χ1v) is 6.40. The normalized spacial score (nSPS) is 13.2. The molecule has 0 radical (unpaired) electrons. The van der Waals surface area contributed by atoms with Crippen LogP contribution in [0, 0.1) is 5.41 Å². The van der Waals surface area contributed by atoms with Crippen molar-refractivity contribution in [3.05, 3.63) is 36.0 Å². The van der Waals surface area contributed by atoms with E-state index in [-0.39, 0.29) is 5.91 Å². The maximum absolute atomic E-state index is 12.2. The molecule has 5 nitrogen and oxygen atoms in total. The lowest BCUT2D eigenvalue weighted by atomic mass is 9.86. The summed E-state index contributed by atoms with van der Waals surface area (Å²) < 4.78 is 0. The van der Waals surface area contributed by atoms with Gasteiger partial charge in [0.15, 0.2) is 0 Å². The molecular weight excluding hydrogens is 256 g/mol. The fourth-order valence-electron chi connectivity index (χ4n) is 2.05. The first kappa shape index (κ1) is 14.1. The van der Waals surface area contributed by atoms with Crippen molar-refractivity contribution < 1.29 is 14.7 Å². The highest BCUT2D eigenvalue weighted by atomic mass is 16.4. The quantitative estimate of drug-likeness (QED) is 0.803. The van der Waals surface area contributed by atoms with Crippen LogP contribution in [0.3, 0.4) is 0 Å². The second-order valence-electron chi connectivity index (χ2n) is 5.89. The van der Waals surface area contributed by atoms with Gasteiger partial charge < -0.3 is 15.4 Å². The molecule has 0 aliphatic rings. The third-order valence-electron chi connectivity index (χ3n) is 3.21. The van der Waals surface area contributed by atoms with Crippen LogP contribution in [0.4, 0.5) is 0 Å². The number of hydrogen-bond acceptors (Lipinski definition) is 2. The monoisotopic (exact) mass is 274 g/mol. The van der Waals surface area contributed by atoms with Crippen LogP contribution >= 0.6 is 0 Å². The van der Waals surface area contributed by atoms with E-state index in [1.54, 1.807) is 39.1 Å². The van der Waals surface area contributed by atoms with Crippen molar-refractivity contribution in [2.45, 2.75) is 26.8 Å². The SMILES string of the molecule is CC(C)(C)C(NC(=O)c1ccc2cc[nH]c2c1)C(=O)O. The summed E-state index contributed by atoms with van der Waals surface area (Å²) in [6, 6.07) is 6.20. The summed E-state index contributed by atoms with van der Waals surface area (Å²) in [4.78, 5) is 26.5. The minimum atomic E-state index is -1.04. The molecule has 1 heterocycles. The minimum Gasteiger partial charge on any atom is -0.480 e. The van der Waals surface area contributed by atoms with E-state index in [1.165, 1.54) is 0 Å². The molecule has 1 atom stereocenters. The second kappa shape index (κ2) is 5.00. The summed E-state index contributed by atoms with van der Waals surface area (Å²) in [7, 11) is 0. The van der Waals surface area contributed by atoms with Crippen LogP contribution in [0.5, 0.6) is 0 Å². The van der Waals surface area contributed by atoms with Gasteiger partial charge in [-0.05, 0) is 29.0 Å². The zero-order chi connectivity index (χ0) is 14.9. The van der Waals surface area contributed by atoms with Crippen molar-refractivity contribution >= 4 is 22.8 Å². The summed E-state index contributed by atoms with van der Waals surface area (Å²) in [5.74, 6) is -1.42. The molecular formula is C15H18N2O3. The highest BCUT2D eigenvalue weighted by Crippen LogP contribution is 2.20. The molecule has 0 spiro atoms. The first-order chi connectivity index (χ1) is 9.29. The molecule has 0 bridgehead atoms. The number of carboxylic acids is 1. The highest BCUT2D eigenvalue weighted by Gasteiger charge is 2.32. The standard InChI is InChI=1S/C15H18N2O3/c1-15(2,3)12(14(19)20)17-13(18)10-5-4-9-6-7-16-11(9)8-10/h4-8,12,16H,1-3H3,(H,17,18)(H,19,20). The third-order valence-corrected chi connectivity index (χ3v) is 3.21. The first-order valence-electron chi connectivity index (χ1n) is 6.40. The molecule has 0 saturated heterocycles. The number of H-pyrrole nitrogens is 1. The van der Waals surface area contributed by atoms with E-state index in [2.05, 4.69) is 10.3 Å². The molecule has 2 rings (SSSR count). The number of aromatic nitrogens is 1. The van der Waals surface area contributed by atoms with Gasteiger partial charge in [-0.3, -0.25) is 4.79 Å². The fraction of sp³-hybridized carbons (Fsp3) is 0.333. The number of carbonyl (C=O) groups is 2. The number of carbonyl (C=O) groups excluding carboxylic acids is 1. The molecule has 106 valence electrons. The lowest BCUT2D eigenvalue weighted by Gasteiger charge is -2.27. The number of amides is 1. The Morgan fingerprint density at radius 3 is 2.55 bits per heavy atom. The number of aliphatic carboxylic acids is 1. The fourth-order valence-corrected chi connectivity index (χ4v) is 2.05. The van der Waals surface area contributed by atoms with Gasteiger partial charge in [0.25, 0.3) is 5.91 Å². The van der Waals surface area contributed by atoms with Crippen LogP contribution in [0.2, 0.25) is 0 Å². The van der Waals surface area contributed by atoms with Gasteiger partial charge >= 0.3 is 5.97 Å². The molecule has 2 aromatic rings. The van der Waals surface area contributed by atoms with Crippen molar-refractivity contribution in [1.29, 1.82) is 0 Å². The van der Waals surface area contributed by atoms with Gasteiger partial charge in [-0.25, -0.2) is 4.79 Å². The van der Waals surface area contributed by atoms with E-state index >= 15 is 0 Å². The van der Waals surface area contributed by atoms with E-state index in [4.69, 9.17) is 0 Å². The van der Waals surface area contributed by atoms with Crippen LogP contribution < -0.4 is 5.32 Å². The Labute approximate surface area is 117 Å². The summed E-state index contributed by atoms with van der Waals surface area (Å²) in [5, 5.41) is 12.8. The average molecular weight is 274 g/mol. The van der Waals surface area contributed by atoms with Gasteiger partial charge in [-0.2, -0.15) is 0 Å². The van der Waals surface area contributed by atoms with Gasteiger partial charge in [-0.15, -0.1) is 0 Å².